The van der Waals surface area contributed by atoms with E-state index in [0.717, 1.165) is 25.1 Å². The van der Waals surface area contributed by atoms with Crippen molar-refractivity contribution in [1.82, 2.24) is 10.6 Å². The van der Waals surface area contributed by atoms with Crippen LogP contribution < -0.4 is 10.6 Å². The molecule has 5 heteroatoms. The fourth-order valence-electron chi connectivity index (χ4n) is 1.91. The van der Waals surface area contributed by atoms with Gasteiger partial charge in [0.15, 0.2) is 0 Å². The second kappa shape index (κ2) is 3.90. The lowest BCUT2D eigenvalue weighted by molar-refractivity contribution is -0.151. The average Bonchev–Trinajstić information content (AvgIpc) is 2.07. The Morgan fingerprint density at radius 3 is 2.31 bits per heavy atom. The molecule has 0 radical (unpaired) electrons. The molecule has 1 saturated heterocycles. The van der Waals surface area contributed by atoms with Crippen LogP contribution in [0, 0.1) is 0 Å². The summed E-state index contributed by atoms with van der Waals surface area (Å²) in [5, 5.41) is 14.8. The van der Waals surface area contributed by atoms with E-state index in [9.17, 15) is 9.59 Å². The van der Waals surface area contributed by atoms with Crippen LogP contribution in [-0.2, 0) is 9.59 Å². The first kappa shape index (κ1) is 11.1. The summed E-state index contributed by atoms with van der Waals surface area (Å²) >= 11 is 0. The quantitative estimate of drug-likeness (QED) is 0.591. The highest BCUT2D eigenvalue weighted by Gasteiger charge is 2.45. The van der Waals surface area contributed by atoms with Crippen molar-refractivity contribution in [3.8, 4) is 0 Å². The molecular formula is C11H16N2O3. The number of hydrogen-bond acceptors (Lipinski definition) is 3. The minimum Gasteiger partial charge on any atom is -0.480 e. The normalized spacial score (nSPS) is 21.7. The van der Waals surface area contributed by atoms with Crippen LogP contribution in [0.3, 0.4) is 0 Å². The molecule has 1 aliphatic heterocycles. The van der Waals surface area contributed by atoms with Crippen LogP contribution in [0.15, 0.2) is 11.1 Å². The van der Waals surface area contributed by atoms with Gasteiger partial charge in [-0.05, 0) is 31.8 Å². The molecule has 16 heavy (non-hydrogen) atoms. The lowest BCUT2D eigenvalue weighted by atomic mass is 9.76. The van der Waals surface area contributed by atoms with Gasteiger partial charge in [0, 0.05) is 18.7 Å². The summed E-state index contributed by atoms with van der Waals surface area (Å²) in [5.41, 5.74) is 0.722. The van der Waals surface area contributed by atoms with Crippen molar-refractivity contribution in [2.75, 3.05) is 13.1 Å². The minimum absolute atomic E-state index is 0.237. The number of carbonyl (C=O) groups is 2. The average molecular weight is 224 g/mol. The fourth-order valence-corrected chi connectivity index (χ4v) is 1.91. The third-order valence-corrected chi connectivity index (χ3v) is 3.52. The molecule has 0 aromatic rings. The Labute approximate surface area is 93.9 Å². The smallest absolute Gasteiger partial charge is 0.329 e. The first-order valence-corrected chi connectivity index (χ1v) is 5.50. The molecule has 0 atom stereocenters. The van der Waals surface area contributed by atoms with Gasteiger partial charge in [-0.15, -0.1) is 0 Å². The van der Waals surface area contributed by atoms with Gasteiger partial charge >= 0.3 is 5.97 Å². The summed E-state index contributed by atoms with van der Waals surface area (Å²) in [7, 11) is 0. The van der Waals surface area contributed by atoms with Crippen LogP contribution in [0.5, 0.6) is 0 Å². The van der Waals surface area contributed by atoms with E-state index in [4.69, 9.17) is 5.11 Å². The Balaban J connectivity index is 2.04. The Morgan fingerprint density at radius 1 is 1.38 bits per heavy atom. The maximum absolute atomic E-state index is 11.8. The van der Waals surface area contributed by atoms with Gasteiger partial charge in [0.05, 0.1) is 0 Å². The third-order valence-electron chi connectivity index (χ3n) is 3.52. The fraction of sp³-hybridized carbons (Fsp3) is 0.636. The largest absolute Gasteiger partial charge is 0.480 e. The van der Waals surface area contributed by atoms with Crippen LogP contribution >= 0.6 is 0 Å². The molecule has 0 bridgehead atoms. The monoisotopic (exact) mass is 224 g/mol. The Kier molecular flexibility index (Phi) is 2.71. The molecule has 5 nitrogen and oxygen atoms in total. The Morgan fingerprint density at radius 2 is 2.00 bits per heavy atom. The Hall–Kier alpha value is -1.36. The summed E-state index contributed by atoms with van der Waals surface area (Å²) in [5.74, 6) is -1.16. The Bertz CT molecular complexity index is 363. The number of amides is 1. The van der Waals surface area contributed by atoms with Crippen LogP contribution in [0.2, 0.25) is 0 Å². The zero-order valence-corrected chi connectivity index (χ0v) is 9.30. The second-order valence-electron chi connectivity index (χ2n) is 4.53. The highest BCUT2D eigenvalue weighted by Crippen LogP contribution is 2.32. The summed E-state index contributed by atoms with van der Waals surface area (Å²) in [6, 6.07) is 0. The summed E-state index contributed by atoms with van der Waals surface area (Å²) < 4.78 is 0. The first-order valence-electron chi connectivity index (χ1n) is 5.50. The molecule has 1 aliphatic carbocycles. The van der Waals surface area contributed by atoms with E-state index in [0.29, 0.717) is 18.4 Å². The lowest BCUT2D eigenvalue weighted by Crippen LogP contribution is -2.59. The maximum Gasteiger partial charge on any atom is 0.329 e. The molecule has 0 aromatic heterocycles. The summed E-state index contributed by atoms with van der Waals surface area (Å²) in [6.07, 6.45) is 1.94. The lowest BCUT2D eigenvalue weighted by Gasteiger charge is -2.38. The SMILES string of the molecule is CC(C(=O)NC1(C(=O)O)CCC1)=C1CNC1. The molecule has 0 spiro atoms. The van der Waals surface area contributed by atoms with Crippen molar-refractivity contribution in [1.29, 1.82) is 0 Å². The molecular weight excluding hydrogens is 208 g/mol. The zero-order chi connectivity index (χ0) is 11.8. The van der Waals surface area contributed by atoms with Gasteiger partial charge in [-0.1, -0.05) is 0 Å². The minimum atomic E-state index is -1.00. The molecule has 2 rings (SSSR count). The molecule has 0 unspecified atom stereocenters. The molecule has 1 amide bonds. The van der Waals surface area contributed by atoms with E-state index < -0.39 is 11.5 Å². The number of carboxylic acid groups (broad SMARTS) is 1. The molecule has 2 aliphatic rings. The van der Waals surface area contributed by atoms with E-state index in [2.05, 4.69) is 10.6 Å². The van der Waals surface area contributed by atoms with E-state index in [1.165, 1.54) is 0 Å². The van der Waals surface area contributed by atoms with Gasteiger partial charge in [-0.25, -0.2) is 4.79 Å². The summed E-state index contributed by atoms with van der Waals surface area (Å²) in [6.45, 7) is 3.22. The van der Waals surface area contributed by atoms with Crippen molar-refractivity contribution in [3.63, 3.8) is 0 Å². The molecule has 0 aromatic carbocycles. The number of rotatable bonds is 3. The maximum atomic E-state index is 11.8. The zero-order valence-electron chi connectivity index (χ0n) is 9.30. The van der Waals surface area contributed by atoms with E-state index in [-0.39, 0.29) is 5.91 Å². The predicted molar refractivity (Wildman–Crippen MR) is 57.9 cm³/mol. The standard InChI is InChI=1S/C11H16N2O3/c1-7(8-5-12-6-8)9(14)13-11(10(15)16)3-2-4-11/h12H,2-6H2,1H3,(H,13,14)(H,15,16). The number of aliphatic carboxylic acids is 1. The van der Waals surface area contributed by atoms with Crippen molar-refractivity contribution in [2.45, 2.75) is 31.7 Å². The molecule has 1 heterocycles. The van der Waals surface area contributed by atoms with Crippen LogP contribution in [-0.4, -0.2) is 35.6 Å². The van der Waals surface area contributed by atoms with E-state index in [1.807, 2.05) is 0 Å². The van der Waals surface area contributed by atoms with Gasteiger partial charge in [0.2, 0.25) is 5.91 Å². The van der Waals surface area contributed by atoms with Crippen molar-refractivity contribution in [3.05, 3.63) is 11.1 Å². The van der Waals surface area contributed by atoms with Gasteiger partial charge in [0.1, 0.15) is 5.54 Å². The second-order valence-corrected chi connectivity index (χ2v) is 4.53. The van der Waals surface area contributed by atoms with Crippen LogP contribution in [0.25, 0.3) is 0 Å². The van der Waals surface area contributed by atoms with E-state index >= 15 is 0 Å². The molecule has 88 valence electrons. The van der Waals surface area contributed by atoms with Gasteiger partial charge in [0.25, 0.3) is 0 Å². The first-order chi connectivity index (χ1) is 7.55. The number of hydrogen-bond donors (Lipinski definition) is 3. The molecule has 1 saturated carbocycles. The van der Waals surface area contributed by atoms with E-state index in [1.54, 1.807) is 6.92 Å². The van der Waals surface area contributed by atoms with Gasteiger partial charge < -0.3 is 15.7 Å². The molecule has 3 N–H and O–H groups in total. The number of carboxylic acids is 1. The number of nitrogens with one attached hydrogen (secondary N) is 2. The molecule has 2 fully saturated rings. The topological polar surface area (TPSA) is 78.4 Å². The predicted octanol–water partition coefficient (Wildman–Crippen LogP) is 0.0296. The van der Waals surface area contributed by atoms with Crippen molar-refractivity contribution < 1.29 is 14.7 Å². The van der Waals surface area contributed by atoms with Crippen LogP contribution in [0.4, 0.5) is 0 Å². The third kappa shape index (κ3) is 1.71. The van der Waals surface area contributed by atoms with Crippen LogP contribution in [0.1, 0.15) is 26.2 Å². The summed E-state index contributed by atoms with van der Waals surface area (Å²) in [4.78, 5) is 22.9. The van der Waals surface area contributed by atoms with Gasteiger partial charge in [-0.2, -0.15) is 0 Å². The van der Waals surface area contributed by atoms with Gasteiger partial charge in [-0.3, -0.25) is 4.79 Å². The highest BCUT2D eigenvalue weighted by atomic mass is 16.4. The van der Waals surface area contributed by atoms with Crippen molar-refractivity contribution >= 4 is 11.9 Å². The van der Waals surface area contributed by atoms with Crippen molar-refractivity contribution in [2.24, 2.45) is 0 Å². The highest BCUT2D eigenvalue weighted by molar-refractivity contribution is 5.98. The number of carbonyl (C=O) groups excluding carboxylic acids is 1.